The maximum absolute atomic E-state index is 12.4. The molecule has 24 heavy (non-hydrogen) atoms. The van der Waals surface area contributed by atoms with E-state index in [-0.39, 0.29) is 0 Å². The van der Waals surface area contributed by atoms with E-state index in [1.807, 2.05) is 67.6 Å². The molecule has 122 valence electrons. The lowest BCUT2D eigenvalue weighted by atomic mass is 10.2. The minimum absolute atomic E-state index is 0.527. The minimum Gasteiger partial charge on any atom is -0.324 e. The summed E-state index contributed by atoms with van der Waals surface area (Å²) in [6.45, 7) is 1.93. The van der Waals surface area contributed by atoms with Crippen molar-refractivity contribution in [3.8, 4) is 0 Å². The minimum atomic E-state index is -0.939. The highest BCUT2D eigenvalue weighted by Crippen LogP contribution is 2.17. The third-order valence-electron chi connectivity index (χ3n) is 3.48. The summed E-state index contributed by atoms with van der Waals surface area (Å²) in [5.41, 5.74) is 3.93. The zero-order valence-corrected chi connectivity index (χ0v) is 14.3. The first-order valence-corrected chi connectivity index (χ1v) is 9.22. The Morgan fingerprint density at radius 1 is 0.958 bits per heavy atom. The molecule has 1 aromatic heterocycles. The molecule has 1 heterocycles. The van der Waals surface area contributed by atoms with Gasteiger partial charge in [-0.25, -0.2) is 9.97 Å². The highest BCUT2D eigenvalue weighted by Gasteiger charge is 2.05. The van der Waals surface area contributed by atoms with Gasteiger partial charge in [0.2, 0.25) is 5.95 Å². The van der Waals surface area contributed by atoms with Gasteiger partial charge in [0.1, 0.15) is 0 Å². The van der Waals surface area contributed by atoms with Crippen LogP contribution in [0.2, 0.25) is 0 Å². The van der Waals surface area contributed by atoms with Gasteiger partial charge in [0.25, 0.3) is 0 Å². The lowest BCUT2D eigenvalue weighted by Crippen LogP contribution is -2.01. The predicted octanol–water partition coefficient (Wildman–Crippen LogP) is 3.98. The molecule has 0 radical (unpaired) electrons. The molecular formula is C19H19N3OS. The Morgan fingerprint density at radius 2 is 1.71 bits per heavy atom. The molecule has 3 aromatic rings. The third-order valence-corrected chi connectivity index (χ3v) is 4.79. The number of anilines is 2. The zero-order chi connectivity index (χ0) is 16.8. The SMILES string of the molecule is Cc1ccnc(Nc2cccc(C[S@@](=O)Cc3ccccc3)c2)n1. The molecule has 1 atom stereocenters. The number of hydrogen-bond acceptors (Lipinski definition) is 4. The smallest absolute Gasteiger partial charge is 0.227 e. The molecule has 0 aliphatic heterocycles. The molecule has 3 rings (SSSR count). The quantitative estimate of drug-likeness (QED) is 0.739. The number of nitrogens with one attached hydrogen (secondary N) is 1. The van der Waals surface area contributed by atoms with Crippen molar-refractivity contribution >= 4 is 22.4 Å². The van der Waals surface area contributed by atoms with Crippen LogP contribution in [0.1, 0.15) is 16.8 Å². The highest BCUT2D eigenvalue weighted by molar-refractivity contribution is 7.83. The molecule has 2 aromatic carbocycles. The van der Waals surface area contributed by atoms with E-state index in [0.717, 1.165) is 22.5 Å². The summed E-state index contributed by atoms with van der Waals surface area (Å²) < 4.78 is 12.4. The van der Waals surface area contributed by atoms with E-state index < -0.39 is 10.8 Å². The number of hydrogen-bond donors (Lipinski definition) is 1. The van der Waals surface area contributed by atoms with Crippen LogP contribution in [0.25, 0.3) is 0 Å². The fraction of sp³-hybridized carbons (Fsp3) is 0.158. The van der Waals surface area contributed by atoms with Gasteiger partial charge < -0.3 is 5.32 Å². The lowest BCUT2D eigenvalue weighted by molar-refractivity contribution is 0.682. The molecule has 1 N–H and O–H groups in total. The van der Waals surface area contributed by atoms with E-state index in [0.29, 0.717) is 17.5 Å². The fourth-order valence-corrected chi connectivity index (χ4v) is 3.59. The van der Waals surface area contributed by atoms with Crippen molar-refractivity contribution in [2.75, 3.05) is 5.32 Å². The summed E-state index contributed by atoms with van der Waals surface area (Å²) in [6.07, 6.45) is 1.73. The molecule has 4 nitrogen and oxygen atoms in total. The fourth-order valence-electron chi connectivity index (χ4n) is 2.37. The van der Waals surface area contributed by atoms with E-state index in [1.165, 1.54) is 0 Å². The standard InChI is InChI=1S/C19H19N3OS/c1-15-10-11-20-19(21-15)22-18-9-5-8-17(12-18)14-24(23)13-16-6-3-2-4-7-16/h2-12H,13-14H2,1H3,(H,20,21,22)/t24-/m0/s1. The topological polar surface area (TPSA) is 54.9 Å². The summed E-state index contributed by atoms with van der Waals surface area (Å²) >= 11 is 0. The largest absolute Gasteiger partial charge is 0.324 e. The van der Waals surface area contributed by atoms with Gasteiger partial charge in [-0.05, 0) is 36.2 Å². The van der Waals surface area contributed by atoms with Gasteiger partial charge in [-0.1, -0.05) is 42.5 Å². The van der Waals surface area contributed by atoms with E-state index in [4.69, 9.17) is 0 Å². The van der Waals surface area contributed by atoms with Crippen LogP contribution in [-0.2, 0) is 22.3 Å². The molecular weight excluding hydrogens is 318 g/mol. The number of rotatable bonds is 6. The second-order valence-electron chi connectivity index (χ2n) is 5.56. The summed E-state index contributed by atoms with van der Waals surface area (Å²) in [6, 6.07) is 19.7. The Morgan fingerprint density at radius 3 is 2.50 bits per heavy atom. The number of aromatic nitrogens is 2. The lowest BCUT2D eigenvalue weighted by Gasteiger charge is -2.08. The van der Waals surface area contributed by atoms with Gasteiger partial charge >= 0.3 is 0 Å². The second-order valence-corrected chi connectivity index (χ2v) is 7.02. The highest BCUT2D eigenvalue weighted by atomic mass is 32.2. The van der Waals surface area contributed by atoms with E-state index in [9.17, 15) is 4.21 Å². The normalized spacial score (nSPS) is 11.9. The zero-order valence-electron chi connectivity index (χ0n) is 13.5. The van der Waals surface area contributed by atoms with Crippen molar-refractivity contribution in [2.45, 2.75) is 18.4 Å². The Kier molecular flexibility index (Phi) is 5.33. The molecule has 0 aliphatic rings. The molecule has 0 aliphatic carbocycles. The molecule has 0 fully saturated rings. The van der Waals surface area contributed by atoms with Crippen LogP contribution in [0.5, 0.6) is 0 Å². The van der Waals surface area contributed by atoms with Crippen molar-refractivity contribution in [3.05, 3.63) is 83.7 Å². The number of aryl methyl sites for hydroxylation is 1. The summed E-state index contributed by atoms with van der Waals surface area (Å²) in [5, 5.41) is 3.19. The maximum Gasteiger partial charge on any atom is 0.227 e. The summed E-state index contributed by atoms with van der Waals surface area (Å²) in [4.78, 5) is 8.53. The van der Waals surface area contributed by atoms with E-state index in [1.54, 1.807) is 6.20 Å². The predicted molar refractivity (Wildman–Crippen MR) is 98.5 cm³/mol. The van der Waals surface area contributed by atoms with Crippen molar-refractivity contribution < 1.29 is 4.21 Å². The average molecular weight is 337 g/mol. The van der Waals surface area contributed by atoms with Crippen LogP contribution in [0.3, 0.4) is 0 Å². The van der Waals surface area contributed by atoms with Crippen molar-refractivity contribution in [1.29, 1.82) is 0 Å². The first-order chi connectivity index (χ1) is 11.7. The molecule has 5 heteroatoms. The Bertz CT molecular complexity index is 837. The number of benzene rings is 2. The van der Waals surface area contributed by atoms with Crippen molar-refractivity contribution in [1.82, 2.24) is 9.97 Å². The molecule has 0 spiro atoms. The molecule has 0 saturated heterocycles. The monoisotopic (exact) mass is 337 g/mol. The maximum atomic E-state index is 12.4. The van der Waals surface area contributed by atoms with Crippen LogP contribution in [0, 0.1) is 6.92 Å². The Hall–Kier alpha value is -2.53. The van der Waals surface area contributed by atoms with Gasteiger partial charge in [0.15, 0.2) is 0 Å². The molecule has 0 unspecified atom stereocenters. The van der Waals surface area contributed by atoms with Crippen LogP contribution in [-0.4, -0.2) is 14.2 Å². The van der Waals surface area contributed by atoms with Gasteiger partial charge in [-0.15, -0.1) is 0 Å². The van der Waals surface area contributed by atoms with Crippen molar-refractivity contribution in [2.24, 2.45) is 0 Å². The number of nitrogens with zero attached hydrogens (tertiary/aromatic N) is 2. The van der Waals surface area contributed by atoms with Gasteiger partial charge in [0, 0.05) is 39.9 Å². The Balaban J connectivity index is 1.65. The van der Waals surface area contributed by atoms with E-state index >= 15 is 0 Å². The molecule has 0 bridgehead atoms. The van der Waals surface area contributed by atoms with Crippen LogP contribution in [0.4, 0.5) is 11.6 Å². The van der Waals surface area contributed by atoms with Gasteiger partial charge in [0.05, 0.1) is 0 Å². The summed E-state index contributed by atoms with van der Waals surface area (Å²) in [5.74, 6) is 1.66. The average Bonchev–Trinajstić information content (AvgIpc) is 2.56. The molecule has 0 amide bonds. The third kappa shape index (κ3) is 4.73. The van der Waals surface area contributed by atoms with Crippen LogP contribution in [0.15, 0.2) is 66.9 Å². The first kappa shape index (κ1) is 16.3. The van der Waals surface area contributed by atoms with Crippen LogP contribution >= 0.6 is 0 Å². The van der Waals surface area contributed by atoms with Crippen LogP contribution < -0.4 is 5.32 Å². The van der Waals surface area contributed by atoms with Gasteiger partial charge in [-0.2, -0.15) is 0 Å². The van der Waals surface area contributed by atoms with Crippen molar-refractivity contribution in [3.63, 3.8) is 0 Å². The molecule has 0 saturated carbocycles. The second kappa shape index (κ2) is 7.84. The van der Waals surface area contributed by atoms with E-state index in [2.05, 4.69) is 15.3 Å². The van der Waals surface area contributed by atoms with Gasteiger partial charge in [-0.3, -0.25) is 4.21 Å². The Labute approximate surface area is 144 Å². The summed E-state index contributed by atoms with van der Waals surface area (Å²) in [7, 11) is -0.939. The first-order valence-electron chi connectivity index (χ1n) is 7.73.